The summed E-state index contributed by atoms with van der Waals surface area (Å²) in [6.45, 7) is 7.11. The summed E-state index contributed by atoms with van der Waals surface area (Å²) in [6, 6.07) is 2.76. The summed E-state index contributed by atoms with van der Waals surface area (Å²) in [4.78, 5) is 62.7. The minimum absolute atomic E-state index is 0.0131. The number of amides is 1. The largest absolute Gasteiger partial charge is 0.510 e. The first-order chi connectivity index (χ1) is 23.8. The van der Waals surface area contributed by atoms with E-state index < -0.39 is 104 Å². The summed E-state index contributed by atoms with van der Waals surface area (Å²) < 4.78 is 77.4. The van der Waals surface area contributed by atoms with Crippen molar-refractivity contribution in [1.29, 1.82) is 0 Å². The molecule has 1 aliphatic rings. The molecule has 1 atom stereocenters. The molecule has 0 fully saturated rings. The first kappa shape index (κ1) is 41.0. The van der Waals surface area contributed by atoms with Gasteiger partial charge in [-0.1, -0.05) is 6.07 Å². The fraction of sp³-hybridized carbons (Fsp3) is 0.531. The van der Waals surface area contributed by atoms with Crippen molar-refractivity contribution in [2.24, 2.45) is 5.41 Å². The summed E-state index contributed by atoms with van der Waals surface area (Å²) in [7, 11) is -4.10. The fourth-order valence-corrected chi connectivity index (χ4v) is 5.94. The molecule has 1 aliphatic heterocycles. The number of hydrogen-bond donors (Lipinski definition) is 2. The van der Waals surface area contributed by atoms with Gasteiger partial charge in [-0.25, -0.2) is 18.4 Å². The maximum absolute atomic E-state index is 14.0. The number of aromatic hydroxyl groups is 1. The molecule has 2 N–H and O–H groups in total. The maximum atomic E-state index is 14.0. The number of halogens is 2. The van der Waals surface area contributed by atoms with Gasteiger partial charge < -0.3 is 38.7 Å². The van der Waals surface area contributed by atoms with Crippen LogP contribution in [0.1, 0.15) is 74.4 Å². The predicted octanol–water partition coefficient (Wildman–Crippen LogP) is 5.02. The summed E-state index contributed by atoms with van der Waals surface area (Å²) in [5, 5.41) is 13.0. The van der Waals surface area contributed by atoms with Crippen molar-refractivity contribution in [3.8, 4) is 5.75 Å². The lowest BCUT2D eigenvalue weighted by Gasteiger charge is -2.39. The average Bonchev–Trinajstić information content (AvgIpc) is 3.02. The Labute approximate surface area is 291 Å². The van der Waals surface area contributed by atoms with Gasteiger partial charge in [-0.15, -0.1) is 0 Å². The molecule has 0 spiro atoms. The van der Waals surface area contributed by atoms with Crippen LogP contribution in [0.4, 0.5) is 18.4 Å². The number of rotatable bonds is 16. The second kappa shape index (κ2) is 17.7. The zero-order valence-electron chi connectivity index (χ0n) is 28.9. The number of aromatic nitrogens is 1. The molecule has 282 valence electrons. The highest BCUT2D eigenvalue weighted by Gasteiger charge is 2.45. The van der Waals surface area contributed by atoms with E-state index in [1.54, 1.807) is 27.7 Å². The van der Waals surface area contributed by atoms with Gasteiger partial charge in [0.05, 0.1) is 36.4 Å². The highest BCUT2D eigenvalue weighted by molar-refractivity contribution is 7.53. The van der Waals surface area contributed by atoms with Gasteiger partial charge in [0.1, 0.15) is 22.9 Å². The number of Topliss-reactive ketones (excluding diaryl/α,β-unsaturated/α-hetero) is 1. The molecule has 2 aromatic rings. The molecule has 1 aromatic heterocycles. The smallest absolute Gasteiger partial charge is 0.503 e. The van der Waals surface area contributed by atoms with Crippen molar-refractivity contribution < 1.29 is 70.4 Å². The van der Waals surface area contributed by atoms with Crippen molar-refractivity contribution in [3.05, 3.63) is 63.1 Å². The number of fused-ring (bicyclic) bond motifs is 1. The van der Waals surface area contributed by atoms with Gasteiger partial charge in [0.2, 0.25) is 19.0 Å². The molecule has 0 bridgehead atoms. The SMILES string of the molecule is CC(C)OC(=O)OCOP(=O)(CCCOC1Cn2cc(C(=O)NCc3ccc(F)cc3F)c(=O)c(O)c2C(=O)C1(C)C)OCOC(=O)OC(C)C. The van der Waals surface area contributed by atoms with Crippen LogP contribution in [0.2, 0.25) is 0 Å². The minimum atomic E-state index is -4.10. The van der Waals surface area contributed by atoms with E-state index in [1.165, 1.54) is 18.4 Å². The molecule has 2 heterocycles. The summed E-state index contributed by atoms with van der Waals surface area (Å²) >= 11 is 0. The van der Waals surface area contributed by atoms with Gasteiger partial charge in [0.25, 0.3) is 5.91 Å². The summed E-state index contributed by atoms with van der Waals surface area (Å²) in [6.07, 6.45) is -3.33. The Hall–Kier alpha value is -4.38. The standard InChI is InChI=1S/C32H41F2N2O14P/c1-18(2)49-30(41)45-16-47-51(43,48-17-46-31(42)50-19(3)4)11-7-10-44-24-15-36-14-22(26(37)27(38)25(36)28(39)32(24,5)6)29(40)35-13-20-8-9-21(33)12-23(20)34/h8-9,12,14,18-19,24,38H,7,10-11,13,15-17H2,1-6H3,(H,35,40). The lowest BCUT2D eigenvalue weighted by Crippen LogP contribution is -2.48. The monoisotopic (exact) mass is 746 g/mol. The van der Waals surface area contributed by atoms with Gasteiger partial charge >= 0.3 is 19.9 Å². The molecule has 0 aliphatic carbocycles. The van der Waals surface area contributed by atoms with Crippen molar-refractivity contribution in [3.63, 3.8) is 0 Å². The van der Waals surface area contributed by atoms with Crippen LogP contribution in [0, 0.1) is 17.0 Å². The lowest BCUT2D eigenvalue weighted by molar-refractivity contribution is -0.0369. The zero-order valence-corrected chi connectivity index (χ0v) is 29.8. The Kier molecular flexibility index (Phi) is 14.3. The van der Waals surface area contributed by atoms with Crippen LogP contribution >= 0.6 is 7.60 Å². The Balaban J connectivity index is 1.69. The molecule has 0 saturated carbocycles. The van der Waals surface area contributed by atoms with E-state index in [0.29, 0.717) is 6.07 Å². The average molecular weight is 747 g/mol. The molecule has 1 amide bonds. The van der Waals surface area contributed by atoms with Crippen molar-refractivity contribution in [1.82, 2.24) is 9.88 Å². The number of carbonyl (C=O) groups is 4. The van der Waals surface area contributed by atoms with Crippen LogP contribution in [-0.2, 0) is 50.4 Å². The lowest BCUT2D eigenvalue weighted by atomic mass is 9.77. The number of carbonyl (C=O) groups excluding carboxylic acids is 4. The van der Waals surface area contributed by atoms with E-state index in [1.807, 2.05) is 0 Å². The van der Waals surface area contributed by atoms with Crippen LogP contribution in [-0.4, -0.2) is 78.3 Å². The van der Waals surface area contributed by atoms with Crippen LogP contribution in [0.5, 0.6) is 5.75 Å². The summed E-state index contributed by atoms with van der Waals surface area (Å²) in [5.74, 6) is -4.33. The number of nitrogens with one attached hydrogen (secondary N) is 1. The quantitative estimate of drug-likeness (QED) is 0.100. The fourth-order valence-electron chi connectivity index (χ4n) is 4.66. The van der Waals surface area contributed by atoms with Crippen LogP contribution in [0.15, 0.2) is 29.2 Å². The van der Waals surface area contributed by atoms with Crippen molar-refractivity contribution >= 4 is 31.6 Å². The Morgan fingerprint density at radius 3 is 2.16 bits per heavy atom. The van der Waals surface area contributed by atoms with Gasteiger partial charge in [0.15, 0.2) is 11.5 Å². The predicted molar refractivity (Wildman–Crippen MR) is 172 cm³/mol. The molecule has 1 unspecified atom stereocenters. The van der Waals surface area contributed by atoms with Gasteiger partial charge in [0, 0.05) is 31.0 Å². The van der Waals surface area contributed by atoms with Gasteiger partial charge in [-0.2, -0.15) is 0 Å². The molecule has 51 heavy (non-hydrogen) atoms. The van der Waals surface area contributed by atoms with Crippen LogP contribution in [0.25, 0.3) is 0 Å². The molecule has 19 heteroatoms. The van der Waals surface area contributed by atoms with E-state index >= 15 is 0 Å². The van der Waals surface area contributed by atoms with Crippen LogP contribution in [0.3, 0.4) is 0 Å². The van der Waals surface area contributed by atoms with Gasteiger partial charge in [-0.05, 0) is 54.0 Å². The van der Waals surface area contributed by atoms with Gasteiger partial charge in [-0.3, -0.25) is 28.0 Å². The molecule has 0 radical (unpaired) electrons. The molecule has 3 rings (SSSR count). The molecular formula is C32H41F2N2O14P. The number of ether oxygens (including phenoxy) is 5. The van der Waals surface area contributed by atoms with E-state index in [-0.39, 0.29) is 37.0 Å². The second-order valence-corrected chi connectivity index (χ2v) is 14.5. The number of ketones is 1. The number of pyridine rings is 1. The third-order valence-electron chi connectivity index (χ3n) is 7.33. The van der Waals surface area contributed by atoms with E-state index in [4.69, 9.17) is 32.7 Å². The van der Waals surface area contributed by atoms with E-state index in [9.17, 15) is 42.4 Å². The first-order valence-corrected chi connectivity index (χ1v) is 17.5. The number of hydrogen-bond acceptors (Lipinski definition) is 14. The Morgan fingerprint density at radius 2 is 1.61 bits per heavy atom. The molecule has 0 saturated heterocycles. The molecular weight excluding hydrogens is 705 g/mol. The second-order valence-electron chi connectivity index (χ2n) is 12.4. The summed E-state index contributed by atoms with van der Waals surface area (Å²) in [5.41, 5.74) is -3.36. The Bertz CT molecular complexity index is 1680. The minimum Gasteiger partial charge on any atom is -0.503 e. The Morgan fingerprint density at radius 1 is 1.02 bits per heavy atom. The highest BCUT2D eigenvalue weighted by atomic mass is 31.2. The van der Waals surface area contributed by atoms with E-state index in [2.05, 4.69) is 5.32 Å². The van der Waals surface area contributed by atoms with E-state index in [0.717, 1.165) is 18.3 Å². The van der Waals surface area contributed by atoms with Crippen molar-refractivity contribution in [2.45, 2.75) is 79.4 Å². The normalized spacial score (nSPS) is 15.3. The number of nitrogens with zero attached hydrogens (tertiary/aromatic N) is 1. The first-order valence-electron chi connectivity index (χ1n) is 15.7. The number of benzene rings is 1. The third-order valence-corrected chi connectivity index (χ3v) is 9.20. The van der Waals surface area contributed by atoms with Crippen molar-refractivity contribution in [2.75, 3.05) is 26.4 Å². The topological polar surface area (TPSA) is 204 Å². The van der Waals surface area contributed by atoms with Crippen LogP contribution < -0.4 is 10.7 Å². The third kappa shape index (κ3) is 11.3. The zero-order chi connectivity index (χ0) is 38.1. The molecule has 1 aromatic carbocycles. The highest BCUT2D eigenvalue weighted by Crippen LogP contribution is 2.49. The molecule has 16 nitrogen and oxygen atoms in total. The maximum Gasteiger partial charge on any atom is 0.510 e.